The Morgan fingerprint density at radius 3 is 2.29 bits per heavy atom. The quantitative estimate of drug-likeness (QED) is 0.687. The molecule has 0 radical (unpaired) electrons. The van der Waals surface area contributed by atoms with Crippen LogP contribution >= 0.6 is 0 Å². The average molecular weight is 405 g/mol. The van der Waals surface area contributed by atoms with Crippen LogP contribution in [0, 0.1) is 0 Å². The normalized spacial score (nSPS) is 17.3. The van der Waals surface area contributed by atoms with Gasteiger partial charge in [0.25, 0.3) is 0 Å². The number of carbonyl (C=O) groups is 1. The molecule has 0 unspecified atom stereocenters. The number of carbonyl (C=O) groups excluding carboxylic acids is 1. The Morgan fingerprint density at radius 1 is 1.00 bits per heavy atom. The van der Waals surface area contributed by atoms with Crippen molar-refractivity contribution in [1.82, 2.24) is 4.31 Å². The fraction of sp³-hybridized carbons (Fsp3) is 0.350. The molecule has 0 N–H and O–H groups in total. The van der Waals surface area contributed by atoms with Gasteiger partial charge in [0.15, 0.2) is 11.5 Å². The molecule has 3 rings (SSSR count). The maximum Gasteiger partial charge on any atom is 0.337 e. The molecule has 1 heterocycles. The van der Waals surface area contributed by atoms with Crippen LogP contribution in [0.1, 0.15) is 34.8 Å². The van der Waals surface area contributed by atoms with Crippen molar-refractivity contribution < 1.29 is 27.4 Å². The molecule has 1 saturated heterocycles. The van der Waals surface area contributed by atoms with E-state index in [9.17, 15) is 13.2 Å². The van der Waals surface area contributed by atoms with Crippen LogP contribution in [0.3, 0.4) is 0 Å². The van der Waals surface area contributed by atoms with E-state index in [1.165, 1.54) is 35.7 Å². The number of methoxy groups -OCH3 is 3. The minimum absolute atomic E-state index is 0.146. The molecule has 0 amide bonds. The van der Waals surface area contributed by atoms with Crippen molar-refractivity contribution in [2.45, 2.75) is 23.8 Å². The largest absolute Gasteiger partial charge is 0.493 e. The molecule has 8 heteroatoms. The van der Waals surface area contributed by atoms with E-state index < -0.39 is 16.0 Å². The minimum Gasteiger partial charge on any atom is -0.493 e. The van der Waals surface area contributed by atoms with Crippen molar-refractivity contribution in [2.75, 3.05) is 27.9 Å². The van der Waals surface area contributed by atoms with Gasteiger partial charge in [-0.05, 0) is 54.8 Å². The SMILES string of the molecule is COC(=O)c1ccc(S(=O)(=O)N2CCC[C@@H]2c2ccc(OC)c(OC)c2)cc1. The van der Waals surface area contributed by atoms with E-state index in [-0.39, 0.29) is 10.9 Å². The van der Waals surface area contributed by atoms with Crippen LogP contribution in [-0.2, 0) is 14.8 Å². The summed E-state index contributed by atoms with van der Waals surface area (Å²) < 4.78 is 43.2. The number of hydrogen-bond donors (Lipinski definition) is 0. The van der Waals surface area contributed by atoms with Crippen molar-refractivity contribution >= 4 is 16.0 Å². The van der Waals surface area contributed by atoms with E-state index in [0.29, 0.717) is 23.6 Å². The molecule has 1 aliphatic rings. The van der Waals surface area contributed by atoms with E-state index >= 15 is 0 Å². The monoisotopic (exact) mass is 405 g/mol. The fourth-order valence-electron chi connectivity index (χ4n) is 3.44. The van der Waals surface area contributed by atoms with Gasteiger partial charge in [0.1, 0.15) is 0 Å². The van der Waals surface area contributed by atoms with Gasteiger partial charge in [-0.3, -0.25) is 0 Å². The third-order valence-corrected chi connectivity index (χ3v) is 6.80. The summed E-state index contributed by atoms with van der Waals surface area (Å²) in [5.41, 5.74) is 1.16. The molecule has 150 valence electrons. The fourth-order valence-corrected chi connectivity index (χ4v) is 5.12. The number of rotatable bonds is 6. The first-order valence-corrected chi connectivity index (χ1v) is 10.3. The Labute approximate surface area is 164 Å². The van der Waals surface area contributed by atoms with Crippen LogP contribution in [-0.4, -0.2) is 46.6 Å². The third kappa shape index (κ3) is 3.70. The Balaban J connectivity index is 1.92. The molecule has 2 aromatic carbocycles. The Hall–Kier alpha value is -2.58. The summed E-state index contributed by atoms with van der Waals surface area (Å²) in [6, 6.07) is 11.0. The molecule has 7 nitrogen and oxygen atoms in total. The van der Waals surface area contributed by atoms with E-state index in [1.807, 2.05) is 12.1 Å². The molecule has 1 fully saturated rings. The maximum atomic E-state index is 13.2. The molecular weight excluding hydrogens is 382 g/mol. The first-order chi connectivity index (χ1) is 13.4. The second-order valence-corrected chi connectivity index (χ2v) is 8.29. The predicted octanol–water partition coefficient (Wildman–Crippen LogP) is 3.02. The smallest absolute Gasteiger partial charge is 0.337 e. The van der Waals surface area contributed by atoms with Crippen molar-refractivity contribution in [3.05, 3.63) is 53.6 Å². The minimum atomic E-state index is -3.71. The van der Waals surface area contributed by atoms with Crippen LogP contribution in [0.25, 0.3) is 0 Å². The van der Waals surface area contributed by atoms with E-state index in [0.717, 1.165) is 18.4 Å². The number of benzene rings is 2. The van der Waals surface area contributed by atoms with Crippen molar-refractivity contribution in [3.8, 4) is 11.5 Å². The van der Waals surface area contributed by atoms with Crippen LogP contribution in [0.4, 0.5) is 0 Å². The first kappa shape index (κ1) is 20.2. The molecule has 0 saturated carbocycles. The Bertz CT molecular complexity index is 955. The van der Waals surface area contributed by atoms with E-state index in [4.69, 9.17) is 9.47 Å². The highest BCUT2D eigenvalue weighted by Crippen LogP contribution is 2.39. The van der Waals surface area contributed by atoms with Crippen LogP contribution in [0.5, 0.6) is 11.5 Å². The highest BCUT2D eigenvalue weighted by molar-refractivity contribution is 7.89. The number of sulfonamides is 1. The molecule has 1 atom stereocenters. The molecule has 0 aromatic heterocycles. The zero-order valence-electron chi connectivity index (χ0n) is 16.0. The topological polar surface area (TPSA) is 82.1 Å². The second kappa shape index (κ2) is 8.20. The van der Waals surface area contributed by atoms with Gasteiger partial charge in [-0.1, -0.05) is 6.07 Å². The van der Waals surface area contributed by atoms with Crippen LogP contribution < -0.4 is 9.47 Å². The molecule has 28 heavy (non-hydrogen) atoms. The van der Waals surface area contributed by atoms with Gasteiger partial charge in [0.05, 0.1) is 37.8 Å². The molecule has 1 aliphatic heterocycles. The second-order valence-electron chi connectivity index (χ2n) is 6.40. The first-order valence-electron chi connectivity index (χ1n) is 8.84. The Kier molecular flexibility index (Phi) is 5.90. The zero-order valence-corrected chi connectivity index (χ0v) is 16.9. The summed E-state index contributed by atoms with van der Waals surface area (Å²) in [4.78, 5) is 11.7. The summed E-state index contributed by atoms with van der Waals surface area (Å²) in [5, 5.41) is 0. The number of ether oxygens (including phenoxy) is 3. The molecule has 2 aromatic rings. The molecular formula is C20H23NO6S. The summed E-state index contributed by atoms with van der Waals surface area (Å²) in [6.07, 6.45) is 1.48. The van der Waals surface area contributed by atoms with E-state index in [1.54, 1.807) is 20.3 Å². The molecule has 0 aliphatic carbocycles. The summed E-state index contributed by atoms with van der Waals surface area (Å²) in [6.45, 7) is 0.431. The lowest BCUT2D eigenvalue weighted by Crippen LogP contribution is -2.30. The summed E-state index contributed by atoms with van der Waals surface area (Å²) >= 11 is 0. The number of hydrogen-bond acceptors (Lipinski definition) is 6. The van der Waals surface area contributed by atoms with Crippen molar-refractivity contribution in [2.24, 2.45) is 0 Å². The maximum absolute atomic E-state index is 13.2. The Morgan fingerprint density at radius 2 is 1.68 bits per heavy atom. The van der Waals surface area contributed by atoms with Crippen LogP contribution in [0.2, 0.25) is 0 Å². The third-order valence-electron chi connectivity index (χ3n) is 4.88. The molecule has 0 bridgehead atoms. The lowest BCUT2D eigenvalue weighted by atomic mass is 10.0. The lowest BCUT2D eigenvalue weighted by Gasteiger charge is -2.25. The van der Waals surface area contributed by atoms with Gasteiger partial charge in [0.2, 0.25) is 10.0 Å². The van der Waals surface area contributed by atoms with Gasteiger partial charge < -0.3 is 14.2 Å². The summed E-state index contributed by atoms with van der Waals surface area (Å²) in [7, 11) is 0.678. The van der Waals surface area contributed by atoms with Gasteiger partial charge in [0, 0.05) is 6.54 Å². The molecule has 0 spiro atoms. The lowest BCUT2D eigenvalue weighted by molar-refractivity contribution is 0.0600. The van der Waals surface area contributed by atoms with Crippen molar-refractivity contribution in [1.29, 1.82) is 0 Å². The standard InChI is InChI=1S/C20H23NO6S/c1-25-18-11-8-15(13-19(18)26-2)17-5-4-12-21(17)28(23,24)16-9-6-14(7-10-16)20(22)27-3/h6-11,13,17H,4-5,12H2,1-3H3/t17-/m1/s1. The van der Waals surface area contributed by atoms with Gasteiger partial charge in [-0.25, -0.2) is 13.2 Å². The van der Waals surface area contributed by atoms with Gasteiger partial charge in [-0.15, -0.1) is 0 Å². The highest BCUT2D eigenvalue weighted by atomic mass is 32.2. The number of esters is 1. The predicted molar refractivity (Wildman–Crippen MR) is 103 cm³/mol. The van der Waals surface area contributed by atoms with Gasteiger partial charge in [-0.2, -0.15) is 4.31 Å². The van der Waals surface area contributed by atoms with Crippen molar-refractivity contribution in [3.63, 3.8) is 0 Å². The van der Waals surface area contributed by atoms with Gasteiger partial charge >= 0.3 is 5.97 Å². The number of nitrogens with zero attached hydrogens (tertiary/aromatic N) is 1. The highest BCUT2D eigenvalue weighted by Gasteiger charge is 2.36. The van der Waals surface area contributed by atoms with Crippen LogP contribution in [0.15, 0.2) is 47.4 Å². The summed E-state index contributed by atoms with van der Waals surface area (Å²) in [5.74, 6) is 0.650. The average Bonchev–Trinajstić information content (AvgIpc) is 3.23. The zero-order chi connectivity index (χ0) is 20.3. The van der Waals surface area contributed by atoms with E-state index in [2.05, 4.69) is 4.74 Å².